The molecule has 6 rings (SSSR count). The van der Waals surface area contributed by atoms with Crippen LogP contribution in [0.1, 0.15) is 29.7 Å². The summed E-state index contributed by atoms with van der Waals surface area (Å²) in [6, 6.07) is 6.92. The monoisotopic (exact) mass is 502 g/mol. The molecule has 2 aliphatic heterocycles. The number of benzene rings is 1. The summed E-state index contributed by atoms with van der Waals surface area (Å²) >= 11 is 8.81. The van der Waals surface area contributed by atoms with Crippen molar-refractivity contribution >= 4 is 53.1 Å². The van der Waals surface area contributed by atoms with E-state index in [1.54, 1.807) is 30.2 Å². The van der Waals surface area contributed by atoms with Crippen LogP contribution >= 0.6 is 35.3 Å². The van der Waals surface area contributed by atoms with Crippen molar-refractivity contribution in [3.05, 3.63) is 38.7 Å². The maximum Gasteiger partial charge on any atom is 0.326 e. The number of aromatic nitrogens is 1. The lowest BCUT2D eigenvalue weighted by Crippen LogP contribution is -2.44. The molecular formula is C23H22N2O5S3. The van der Waals surface area contributed by atoms with Gasteiger partial charge in [-0.1, -0.05) is 12.1 Å². The molecule has 3 fully saturated rings. The third-order valence-corrected chi connectivity index (χ3v) is 10.9. The second-order valence-corrected chi connectivity index (χ2v) is 12.2. The van der Waals surface area contributed by atoms with Crippen LogP contribution in [0, 0.1) is 33.5 Å². The molecule has 8 unspecified atom stereocenters. The van der Waals surface area contributed by atoms with Crippen LogP contribution in [0.15, 0.2) is 29.3 Å². The number of imide groups is 1. The van der Waals surface area contributed by atoms with Crippen molar-refractivity contribution in [3.63, 3.8) is 0 Å². The Labute approximate surface area is 203 Å². The number of aromatic amines is 1. The third kappa shape index (κ3) is 2.86. The van der Waals surface area contributed by atoms with Gasteiger partial charge in [-0.25, -0.2) is 4.79 Å². The van der Waals surface area contributed by atoms with Crippen LogP contribution in [0.3, 0.4) is 0 Å². The van der Waals surface area contributed by atoms with Gasteiger partial charge in [0.15, 0.2) is 3.95 Å². The smallest absolute Gasteiger partial charge is 0.326 e. The van der Waals surface area contributed by atoms with E-state index in [9.17, 15) is 19.5 Å². The van der Waals surface area contributed by atoms with E-state index in [4.69, 9.17) is 17.0 Å². The van der Waals surface area contributed by atoms with Gasteiger partial charge in [-0.2, -0.15) is 0 Å². The number of carboxylic acids is 1. The number of hydrogen-bond acceptors (Lipinski definition) is 7. The normalized spacial score (nSPS) is 34.7. The number of thioether (sulfide) groups is 1. The minimum atomic E-state index is -1.15. The number of aliphatic carboxylic acids is 1. The predicted molar refractivity (Wildman–Crippen MR) is 125 cm³/mol. The van der Waals surface area contributed by atoms with Crippen molar-refractivity contribution in [3.8, 4) is 5.75 Å². The fourth-order valence-corrected chi connectivity index (χ4v) is 10.1. The average Bonchev–Trinajstić information content (AvgIpc) is 3.52. The summed E-state index contributed by atoms with van der Waals surface area (Å²) < 4.78 is 6.07. The van der Waals surface area contributed by atoms with Crippen LogP contribution in [-0.2, 0) is 14.4 Å². The molecule has 2 saturated carbocycles. The van der Waals surface area contributed by atoms with Gasteiger partial charge in [0, 0.05) is 16.0 Å². The number of fused-ring (bicyclic) bond motifs is 9. The number of ether oxygens (including phenoxy) is 1. The zero-order chi connectivity index (χ0) is 23.2. The summed E-state index contributed by atoms with van der Waals surface area (Å²) in [7, 11) is 1.64. The predicted octanol–water partition coefficient (Wildman–Crippen LogP) is 3.76. The molecule has 0 radical (unpaired) electrons. The first kappa shape index (κ1) is 21.4. The summed E-state index contributed by atoms with van der Waals surface area (Å²) in [5.74, 6) is -1.50. The number of hydrogen-bond donors (Lipinski definition) is 2. The zero-order valence-corrected chi connectivity index (χ0v) is 20.3. The quantitative estimate of drug-likeness (QED) is 0.485. The van der Waals surface area contributed by atoms with Gasteiger partial charge >= 0.3 is 5.97 Å². The molecule has 172 valence electrons. The minimum absolute atomic E-state index is 0.0378. The maximum absolute atomic E-state index is 13.4. The topological polar surface area (TPSA) is 99.7 Å². The number of rotatable bonds is 4. The second kappa shape index (κ2) is 7.41. The van der Waals surface area contributed by atoms with Gasteiger partial charge in [-0.3, -0.25) is 14.5 Å². The highest BCUT2D eigenvalue weighted by atomic mass is 32.2. The SMILES string of the molecule is COc1ccc(C2c3sc(=S)[nH]c3SC3C4CC(C5C(=O)N(C(C)C(=O)O)C(=O)C45)C23)cc1. The molecule has 7 nitrogen and oxygen atoms in total. The Morgan fingerprint density at radius 3 is 2.52 bits per heavy atom. The highest BCUT2D eigenvalue weighted by Crippen LogP contribution is 2.68. The molecule has 1 aromatic heterocycles. The van der Waals surface area contributed by atoms with Crippen molar-refractivity contribution < 1.29 is 24.2 Å². The molecule has 8 atom stereocenters. The molecule has 1 saturated heterocycles. The summed E-state index contributed by atoms with van der Waals surface area (Å²) in [4.78, 5) is 43.8. The molecule has 33 heavy (non-hydrogen) atoms. The van der Waals surface area contributed by atoms with Crippen LogP contribution < -0.4 is 4.74 Å². The molecule has 1 aromatic carbocycles. The van der Waals surface area contributed by atoms with E-state index in [1.165, 1.54) is 11.8 Å². The van der Waals surface area contributed by atoms with Crippen LogP contribution in [0.2, 0.25) is 0 Å². The molecule has 2 aliphatic carbocycles. The van der Waals surface area contributed by atoms with E-state index in [-0.39, 0.29) is 40.7 Å². The Morgan fingerprint density at radius 1 is 1.21 bits per heavy atom. The number of carbonyl (C=O) groups excluding carboxylic acids is 2. The lowest BCUT2D eigenvalue weighted by molar-refractivity contribution is -0.154. The number of likely N-dealkylation sites (tertiary alicyclic amines) is 1. The van der Waals surface area contributed by atoms with Crippen LogP contribution in [0.25, 0.3) is 0 Å². The fraction of sp³-hybridized carbons (Fsp3) is 0.478. The van der Waals surface area contributed by atoms with E-state index < -0.39 is 23.8 Å². The van der Waals surface area contributed by atoms with Crippen molar-refractivity contribution in [1.29, 1.82) is 0 Å². The van der Waals surface area contributed by atoms with Gasteiger partial charge < -0.3 is 14.8 Å². The number of methoxy groups -OCH3 is 1. The number of nitrogens with zero attached hydrogens (tertiary/aromatic N) is 1. The third-order valence-electron chi connectivity index (χ3n) is 7.98. The highest BCUT2D eigenvalue weighted by molar-refractivity contribution is 8.00. The highest BCUT2D eigenvalue weighted by Gasteiger charge is 2.70. The number of thiazole rings is 1. The lowest BCUT2D eigenvalue weighted by atomic mass is 9.68. The van der Waals surface area contributed by atoms with Crippen LogP contribution in [0.4, 0.5) is 0 Å². The fourth-order valence-electron chi connectivity index (χ4n) is 6.72. The molecule has 2 N–H and O–H groups in total. The van der Waals surface area contributed by atoms with Gasteiger partial charge in [0.05, 0.1) is 24.0 Å². The lowest BCUT2D eigenvalue weighted by Gasteiger charge is -2.43. The molecule has 3 heterocycles. The first-order chi connectivity index (χ1) is 15.8. The number of H-pyrrole nitrogens is 1. The molecule has 2 bridgehead atoms. The van der Waals surface area contributed by atoms with E-state index in [0.717, 1.165) is 31.6 Å². The molecular weight excluding hydrogens is 480 g/mol. The number of carbonyl (C=O) groups is 3. The molecule has 10 heteroatoms. The molecule has 0 spiro atoms. The van der Waals surface area contributed by atoms with Crippen molar-refractivity contribution in [2.24, 2.45) is 29.6 Å². The van der Waals surface area contributed by atoms with Gasteiger partial charge in [0.2, 0.25) is 11.8 Å². The zero-order valence-electron chi connectivity index (χ0n) is 17.9. The number of carboxylic acid groups (broad SMARTS) is 1. The Balaban J connectivity index is 1.44. The average molecular weight is 503 g/mol. The van der Waals surface area contributed by atoms with Crippen molar-refractivity contribution in [2.45, 2.75) is 35.6 Å². The van der Waals surface area contributed by atoms with Crippen LogP contribution in [-0.4, -0.2) is 51.2 Å². The molecule has 4 aliphatic rings. The van der Waals surface area contributed by atoms with Gasteiger partial charge in [0.25, 0.3) is 0 Å². The van der Waals surface area contributed by atoms with E-state index in [1.807, 2.05) is 12.1 Å². The Kier molecular flexibility index (Phi) is 4.80. The number of amides is 2. The summed E-state index contributed by atoms with van der Waals surface area (Å²) in [5, 5.41) is 10.7. The molecule has 2 amide bonds. The standard InChI is InChI=1S/C23H22N2O5S3/c1-8(22(28)29)25-20(26)15-11-7-12(16(15)21(25)27)17-14(11)13(9-3-5-10(30-2)6-4-9)18-19(32-17)24-23(31)33-18/h3-6,8,11-17H,7H2,1-2H3,(H,24,31)(H,28,29). The first-order valence-corrected chi connectivity index (χ1v) is 13.1. The molecule has 2 aromatic rings. The van der Waals surface area contributed by atoms with Crippen molar-refractivity contribution in [1.82, 2.24) is 9.88 Å². The van der Waals surface area contributed by atoms with E-state index >= 15 is 0 Å². The first-order valence-electron chi connectivity index (χ1n) is 10.9. The Bertz CT molecular complexity index is 1240. The minimum Gasteiger partial charge on any atom is -0.497 e. The van der Waals surface area contributed by atoms with Gasteiger partial charge in [-0.05, 0) is 61.0 Å². The van der Waals surface area contributed by atoms with E-state index in [0.29, 0.717) is 0 Å². The van der Waals surface area contributed by atoms with Gasteiger partial charge in [0.1, 0.15) is 11.8 Å². The summed E-state index contributed by atoms with van der Waals surface area (Å²) in [6.07, 6.45) is 0.826. The Hall–Kier alpha value is -2.17. The maximum atomic E-state index is 13.4. The van der Waals surface area contributed by atoms with Gasteiger partial charge in [-0.15, -0.1) is 23.1 Å². The van der Waals surface area contributed by atoms with Crippen LogP contribution in [0.5, 0.6) is 5.75 Å². The Morgan fingerprint density at radius 2 is 1.88 bits per heavy atom. The van der Waals surface area contributed by atoms with E-state index in [2.05, 4.69) is 17.1 Å². The summed E-state index contributed by atoms with van der Waals surface area (Å²) in [5.41, 5.74) is 1.15. The number of nitrogens with one attached hydrogen (secondary N) is 1. The largest absolute Gasteiger partial charge is 0.497 e. The summed E-state index contributed by atoms with van der Waals surface area (Å²) in [6.45, 7) is 1.42. The second-order valence-electron chi connectivity index (χ2n) is 9.29. The van der Waals surface area contributed by atoms with Crippen molar-refractivity contribution in [2.75, 3.05) is 7.11 Å².